The summed E-state index contributed by atoms with van der Waals surface area (Å²) < 4.78 is 5.73. The first-order chi connectivity index (χ1) is 7.03. The predicted molar refractivity (Wildman–Crippen MR) is 58.2 cm³/mol. The highest BCUT2D eigenvalue weighted by atomic mass is 16.5. The van der Waals surface area contributed by atoms with Crippen LogP contribution in [0.2, 0.25) is 0 Å². The molecule has 15 heavy (non-hydrogen) atoms. The lowest BCUT2D eigenvalue weighted by Crippen LogP contribution is -2.36. The summed E-state index contributed by atoms with van der Waals surface area (Å²) in [6.45, 7) is 5.67. The second-order valence-electron chi connectivity index (χ2n) is 4.69. The lowest BCUT2D eigenvalue weighted by Gasteiger charge is -2.27. The van der Waals surface area contributed by atoms with Crippen molar-refractivity contribution in [1.82, 2.24) is 0 Å². The van der Waals surface area contributed by atoms with Crippen LogP contribution in [-0.4, -0.2) is 22.9 Å². The van der Waals surface area contributed by atoms with Crippen molar-refractivity contribution in [1.29, 1.82) is 5.26 Å². The minimum atomic E-state index is -0.642. The summed E-state index contributed by atoms with van der Waals surface area (Å²) in [5, 5.41) is 18.6. The molecule has 0 aromatic carbocycles. The van der Waals surface area contributed by atoms with E-state index in [2.05, 4.69) is 13.0 Å². The molecule has 1 aliphatic rings. The highest BCUT2D eigenvalue weighted by molar-refractivity contribution is 5.07. The van der Waals surface area contributed by atoms with Gasteiger partial charge in [0.15, 0.2) is 5.60 Å². The largest absolute Gasteiger partial charge is 0.391 e. The molecule has 0 radical (unpaired) electrons. The average molecular weight is 211 g/mol. The van der Waals surface area contributed by atoms with Crippen molar-refractivity contribution in [2.75, 3.05) is 0 Å². The molecule has 1 fully saturated rings. The number of ether oxygens (including phenoxy) is 1. The molecule has 0 aromatic rings. The van der Waals surface area contributed by atoms with E-state index in [9.17, 15) is 10.4 Å². The molecule has 0 spiro atoms. The highest BCUT2D eigenvalue weighted by Gasteiger charge is 2.41. The fourth-order valence-corrected chi connectivity index (χ4v) is 2.15. The van der Waals surface area contributed by atoms with Gasteiger partial charge in [-0.25, -0.2) is 0 Å². The van der Waals surface area contributed by atoms with Crippen molar-refractivity contribution in [3.8, 4) is 6.07 Å². The van der Waals surface area contributed by atoms with Gasteiger partial charge in [0.05, 0.1) is 18.3 Å². The van der Waals surface area contributed by atoms with Gasteiger partial charge >= 0.3 is 0 Å². The molecule has 3 nitrogen and oxygen atoms in total. The Hall–Kier alpha value is -0.590. The number of rotatable bonds is 4. The molecule has 0 saturated heterocycles. The third kappa shape index (κ3) is 2.93. The van der Waals surface area contributed by atoms with Gasteiger partial charge in [0.1, 0.15) is 0 Å². The van der Waals surface area contributed by atoms with E-state index in [4.69, 9.17) is 4.74 Å². The number of aliphatic hydroxyl groups excluding tert-OH is 1. The topological polar surface area (TPSA) is 53.2 Å². The van der Waals surface area contributed by atoms with E-state index in [-0.39, 0.29) is 6.10 Å². The Morgan fingerprint density at radius 2 is 2.27 bits per heavy atom. The number of nitrogens with zero attached hydrogens (tertiary/aromatic N) is 1. The fourth-order valence-electron chi connectivity index (χ4n) is 2.15. The lowest BCUT2D eigenvalue weighted by atomic mass is 9.99. The van der Waals surface area contributed by atoms with Gasteiger partial charge in [-0.05, 0) is 39.0 Å². The molecule has 1 rings (SSSR count). The number of aliphatic hydroxyl groups is 1. The normalized spacial score (nSPS) is 34.7. The van der Waals surface area contributed by atoms with Crippen molar-refractivity contribution in [3.05, 3.63) is 0 Å². The van der Waals surface area contributed by atoms with E-state index >= 15 is 0 Å². The summed E-state index contributed by atoms with van der Waals surface area (Å²) >= 11 is 0. The van der Waals surface area contributed by atoms with Crippen LogP contribution >= 0.6 is 0 Å². The van der Waals surface area contributed by atoms with Gasteiger partial charge in [-0.2, -0.15) is 5.26 Å². The molecule has 1 saturated carbocycles. The van der Waals surface area contributed by atoms with Crippen molar-refractivity contribution in [2.24, 2.45) is 5.92 Å². The van der Waals surface area contributed by atoms with E-state index in [1.165, 1.54) is 0 Å². The molecule has 0 aliphatic heterocycles. The molecule has 0 amide bonds. The van der Waals surface area contributed by atoms with Gasteiger partial charge in [0.25, 0.3) is 0 Å². The molecule has 3 heteroatoms. The summed E-state index contributed by atoms with van der Waals surface area (Å²) in [4.78, 5) is 0. The zero-order valence-electron chi connectivity index (χ0n) is 9.86. The Balaban J connectivity index is 2.60. The van der Waals surface area contributed by atoms with Crippen molar-refractivity contribution in [3.63, 3.8) is 0 Å². The van der Waals surface area contributed by atoms with Crippen LogP contribution in [-0.2, 0) is 4.74 Å². The average Bonchev–Trinajstić information content (AvgIpc) is 2.62. The Labute approximate surface area is 92.0 Å². The summed E-state index contributed by atoms with van der Waals surface area (Å²) in [6.07, 6.45) is 3.01. The SMILES string of the molecule is CCC1CCC(C#N)(OC(C)C(C)O)C1. The number of hydrogen-bond donors (Lipinski definition) is 1. The zero-order chi connectivity index (χ0) is 11.5. The van der Waals surface area contributed by atoms with Gasteiger partial charge < -0.3 is 9.84 Å². The van der Waals surface area contributed by atoms with E-state index < -0.39 is 11.7 Å². The second kappa shape index (κ2) is 4.96. The summed E-state index contributed by atoms with van der Waals surface area (Å²) in [5.41, 5.74) is -0.642. The maximum Gasteiger partial charge on any atom is 0.155 e. The van der Waals surface area contributed by atoms with Crippen LogP contribution in [0, 0.1) is 17.2 Å². The molecular weight excluding hydrogens is 190 g/mol. The van der Waals surface area contributed by atoms with Crippen LogP contribution in [0.1, 0.15) is 46.5 Å². The van der Waals surface area contributed by atoms with E-state index in [0.29, 0.717) is 5.92 Å². The third-order valence-electron chi connectivity index (χ3n) is 3.45. The number of hydrogen-bond acceptors (Lipinski definition) is 3. The van der Waals surface area contributed by atoms with Gasteiger partial charge in [-0.3, -0.25) is 0 Å². The summed E-state index contributed by atoms with van der Waals surface area (Å²) in [5.74, 6) is 0.603. The monoisotopic (exact) mass is 211 g/mol. The molecule has 1 N–H and O–H groups in total. The Bertz CT molecular complexity index is 246. The lowest BCUT2D eigenvalue weighted by molar-refractivity contribution is -0.0937. The minimum Gasteiger partial charge on any atom is -0.391 e. The molecule has 4 unspecified atom stereocenters. The van der Waals surface area contributed by atoms with Crippen molar-refractivity contribution < 1.29 is 9.84 Å². The first-order valence-corrected chi connectivity index (χ1v) is 5.80. The Morgan fingerprint density at radius 1 is 1.60 bits per heavy atom. The van der Waals surface area contributed by atoms with Crippen molar-refractivity contribution in [2.45, 2.75) is 64.3 Å². The quantitative estimate of drug-likeness (QED) is 0.776. The third-order valence-corrected chi connectivity index (χ3v) is 3.45. The van der Waals surface area contributed by atoms with E-state index in [0.717, 1.165) is 25.7 Å². The molecule has 0 heterocycles. The maximum atomic E-state index is 9.38. The van der Waals surface area contributed by atoms with Gasteiger partial charge in [0.2, 0.25) is 0 Å². The van der Waals surface area contributed by atoms with Crippen LogP contribution in [0.5, 0.6) is 0 Å². The van der Waals surface area contributed by atoms with Crippen LogP contribution in [0.15, 0.2) is 0 Å². The van der Waals surface area contributed by atoms with Crippen LogP contribution in [0.25, 0.3) is 0 Å². The van der Waals surface area contributed by atoms with Crippen LogP contribution < -0.4 is 0 Å². The standard InChI is InChI=1S/C12H21NO2/c1-4-11-5-6-12(7-11,8-13)15-10(3)9(2)14/h9-11,14H,4-7H2,1-3H3. The minimum absolute atomic E-state index is 0.264. The highest BCUT2D eigenvalue weighted by Crippen LogP contribution is 2.39. The predicted octanol–water partition coefficient (Wildman–Crippen LogP) is 2.24. The molecule has 1 aliphatic carbocycles. The summed E-state index contributed by atoms with van der Waals surface area (Å²) in [7, 11) is 0. The summed E-state index contributed by atoms with van der Waals surface area (Å²) in [6, 6.07) is 2.29. The molecule has 4 atom stereocenters. The van der Waals surface area contributed by atoms with Crippen LogP contribution in [0.4, 0.5) is 0 Å². The molecule has 0 bridgehead atoms. The zero-order valence-corrected chi connectivity index (χ0v) is 9.86. The molecule has 0 aromatic heterocycles. The Morgan fingerprint density at radius 3 is 2.67 bits per heavy atom. The Kier molecular flexibility index (Phi) is 4.12. The van der Waals surface area contributed by atoms with Crippen molar-refractivity contribution >= 4 is 0 Å². The molecular formula is C12H21NO2. The first-order valence-electron chi connectivity index (χ1n) is 5.80. The molecule has 86 valence electrons. The van der Waals surface area contributed by atoms with Gasteiger partial charge in [-0.15, -0.1) is 0 Å². The van der Waals surface area contributed by atoms with Crippen LogP contribution in [0.3, 0.4) is 0 Å². The second-order valence-corrected chi connectivity index (χ2v) is 4.69. The maximum absolute atomic E-state index is 9.38. The smallest absolute Gasteiger partial charge is 0.155 e. The van der Waals surface area contributed by atoms with E-state index in [1.807, 2.05) is 6.92 Å². The van der Waals surface area contributed by atoms with Gasteiger partial charge in [0, 0.05) is 0 Å². The van der Waals surface area contributed by atoms with Gasteiger partial charge in [-0.1, -0.05) is 13.3 Å². The van der Waals surface area contributed by atoms with E-state index in [1.54, 1.807) is 6.92 Å². The number of nitriles is 1. The first kappa shape index (κ1) is 12.5. The fraction of sp³-hybridized carbons (Fsp3) is 0.917.